The van der Waals surface area contributed by atoms with Gasteiger partial charge in [-0.1, -0.05) is 22.0 Å². The van der Waals surface area contributed by atoms with Crippen LogP contribution in [0.5, 0.6) is 0 Å². The van der Waals surface area contributed by atoms with E-state index in [4.69, 9.17) is 0 Å². The number of nitro benzene ring substituents is 1. The Labute approximate surface area is 130 Å². The van der Waals surface area contributed by atoms with Crippen molar-refractivity contribution in [2.24, 2.45) is 0 Å². The lowest BCUT2D eigenvalue weighted by molar-refractivity contribution is -0.384. The van der Waals surface area contributed by atoms with Gasteiger partial charge in [0, 0.05) is 34.9 Å². The normalized spacial score (nSPS) is 10.2. The Hall–Kier alpha value is -2.21. The van der Waals surface area contributed by atoms with Crippen molar-refractivity contribution in [3.63, 3.8) is 0 Å². The van der Waals surface area contributed by atoms with Crippen LogP contribution >= 0.6 is 15.9 Å². The molecule has 1 amide bonds. The van der Waals surface area contributed by atoms with Gasteiger partial charge in [0.2, 0.25) is 0 Å². The van der Waals surface area contributed by atoms with Crippen LogP contribution in [0.15, 0.2) is 46.9 Å². The zero-order valence-electron chi connectivity index (χ0n) is 11.5. The highest BCUT2D eigenvalue weighted by Crippen LogP contribution is 2.24. The SMILES string of the molecule is Cc1c(Br)cccc1C(=O)N(C)c1ccc([N+](=O)[O-])cc1. The lowest BCUT2D eigenvalue weighted by Gasteiger charge is -2.18. The number of non-ortho nitro benzene ring substituents is 1. The van der Waals surface area contributed by atoms with Crippen molar-refractivity contribution in [3.8, 4) is 0 Å². The quantitative estimate of drug-likeness (QED) is 0.623. The molecule has 6 heteroatoms. The fraction of sp³-hybridized carbons (Fsp3) is 0.133. The molecule has 0 spiro atoms. The molecule has 0 radical (unpaired) electrons. The van der Waals surface area contributed by atoms with Gasteiger partial charge in [-0.2, -0.15) is 0 Å². The van der Waals surface area contributed by atoms with Crippen molar-refractivity contribution >= 4 is 33.2 Å². The number of carbonyl (C=O) groups excluding carboxylic acids is 1. The van der Waals surface area contributed by atoms with E-state index in [0.29, 0.717) is 11.3 Å². The maximum atomic E-state index is 12.5. The van der Waals surface area contributed by atoms with Crippen molar-refractivity contribution in [2.75, 3.05) is 11.9 Å². The zero-order chi connectivity index (χ0) is 15.6. The summed E-state index contributed by atoms with van der Waals surface area (Å²) in [4.78, 5) is 24.2. The first-order valence-electron chi connectivity index (χ1n) is 6.19. The predicted molar refractivity (Wildman–Crippen MR) is 84.7 cm³/mol. The molecule has 2 rings (SSSR count). The van der Waals surface area contributed by atoms with Crippen LogP contribution in [-0.4, -0.2) is 17.9 Å². The van der Waals surface area contributed by atoms with Crippen molar-refractivity contribution in [3.05, 3.63) is 68.2 Å². The summed E-state index contributed by atoms with van der Waals surface area (Å²) >= 11 is 3.40. The maximum absolute atomic E-state index is 12.5. The lowest BCUT2D eigenvalue weighted by atomic mass is 10.1. The number of carbonyl (C=O) groups is 1. The third-order valence-corrected chi connectivity index (χ3v) is 4.11. The van der Waals surface area contributed by atoms with Crippen LogP contribution in [0.3, 0.4) is 0 Å². The second-order valence-electron chi connectivity index (χ2n) is 4.55. The van der Waals surface area contributed by atoms with E-state index in [0.717, 1.165) is 10.0 Å². The molecule has 0 N–H and O–H groups in total. The number of rotatable bonds is 3. The summed E-state index contributed by atoms with van der Waals surface area (Å²) in [7, 11) is 1.64. The molecule has 0 aliphatic carbocycles. The van der Waals surface area contributed by atoms with Crippen LogP contribution in [0.2, 0.25) is 0 Å². The van der Waals surface area contributed by atoms with Gasteiger partial charge < -0.3 is 4.90 Å². The Morgan fingerprint density at radius 2 is 1.81 bits per heavy atom. The highest BCUT2D eigenvalue weighted by Gasteiger charge is 2.17. The number of amides is 1. The van der Waals surface area contributed by atoms with Crippen molar-refractivity contribution in [2.45, 2.75) is 6.92 Å². The van der Waals surface area contributed by atoms with E-state index in [9.17, 15) is 14.9 Å². The van der Waals surface area contributed by atoms with E-state index in [1.807, 2.05) is 13.0 Å². The summed E-state index contributed by atoms with van der Waals surface area (Å²) in [6.07, 6.45) is 0. The van der Waals surface area contributed by atoms with Crippen LogP contribution in [0, 0.1) is 17.0 Å². The molecule has 0 fully saturated rings. The molecule has 0 atom stereocenters. The number of nitro groups is 1. The van der Waals surface area contributed by atoms with Crippen LogP contribution in [0.4, 0.5) is 11.4 Å². The Bertz CT molecular complexity index is 699. The average Bonchev–Trinajstić information content (AvgIpc) is 2.48. The summed E-state index contributed by atoms with van der Waals surface area (Å²) in [5.41, 5.74) is 2.05. The molecule has 0 aromatic heterocycles. The van der Waals surface area contributed by atoms with E-state index < -0.39 is 4.92 Å². The fourth-order valence-electron chi connectivity index (χ4n) is 1.94. The van der Waals surface area contributed by atoms with Gasteiger partial charge in [0.25, 0.3) is 11.6 Å². The number of benzene rings is 2. The number of hydrogen-bond acceptors (Lipinski definition) is 3. The third-order valence-electron chi connectivity index (χ3n) is 3.25. The first-order chi connectivity index (χ1) is 9.91. The molecule has 2 aromatic carbocycles. The maximum Gasteiger partial charge on any atom is 0.269 e. The molecule has 0 saturated heterocycles. The molecule has 0 unspecified atom stereocenters. The van der Waals surface area contributed by atoms with Gasteiger partial charge in [-0.15, -0.1) is 0 Å². The molecular formula is C15H13BrN2O3. The summed E-state index contributed by atoms with van der Waals surface area (Å²) in [6, 6.07) is 11.3. The second-order valence-corrected chi connectivity index (χ2v) is 5.40. The van der Waals surface area contributed by atoms with Gasteiger partial charge in [0.1, 0.15) is 0 Å². The van der Waals surface area contributed by atoms with E-state index >= 15 is 0 Å². The van der Waals surface area contributed by atoms with Gasteiger partial charge >= 0.3 is 0 Å². The third kappa shape index (κ3) is 3.11. The molecule has 2 aromatic rings. The van der Waals surface area contributed by atoms with E-state index in [1.165, 1.54) is 17.0 Å². The lowest BCUT2D eigenvalue weighted by Crippen LogP contribution is -2.26. The molecule has 0 heterocycles. The van der Waals surface area contributed by atoms with Crippen molar-refractivity contribution < 1.29 is 9.72 Å². The topological polar surface area (TPSA) is 63.5 Å². The van der Waals surface area contributed by atoms with Gasteiger partial charge in [-0.3, -0.25) is 14.9 Å². The minimum absolute atomic E-state index is 0.00163. The number of nitrogens with zero attached hydrogens (tertiary/aromatic N) is 2. The highest BCUT2D eigenvalue weighted by atomic mass is 79.9. The average molecular weight is 349 g/mol. The smallest absolute Gasteiger partial charge is 0.269 e. The van der Waals surface area contributed by atoms with Gasteiger partial charge in [0.15, 0.2) is 0 Å². The minimum atomic E-state index is -0.468. The summed E-state index contributed by atoms with van der Waals surface area (Å²) in [6.45, 7) is 1.86. The van der Waals surface area contributed by atoms with E-state index in [1.54, 1.807) is 31.3 Å². The van der Waals surface area contributed by atoms with Crippen LogP contribution < -0.4 is 4.90 Å². The van der Waals surface area contributed by atoms with Crippen molar-refractivity contribution in [1.82, 2.24) is 0 Å². The Morgan fingerprint density at radius 3 is 2.38 bits per heavy atom. The largest absolute Gasteiger partial charge is 0.311 e. The second kappa shape index (κ2) is 6.05. The number of hydrogen-bond donors (Lipinski definition) is 0. The summed E-state index contributed by atoms with van der Waals surface area (Å²) in [5.74, 6) is -0.164. The fourth-order valence-corrected chi connectivity index (χ4v) is 2.30. The van der Waals surface area contributed by atoms with Gasteiger partial charge in [-0.05, 0) is 36.8 Å². The van der Waals surface area contributed by atoms with Crippen LogP contribution in [0.25, 0.3) is 0 Å². The summed E-state index contributed by atoms with van der Waals surface area (Å²) < 4.78 is 0.866. The number of anilines is 1. The first kappa shape index (κ1) is 15.2. The Morgan fingerprint density at radius 1 is 1.19 bits per heavy atom. The van der Waals surface area contributed by atoms with Crippen LogP contribution in [0.1, 0.15) is 15.9 Å². The van der Waals surface area contributed by atoms with E-state index in [2.05, 4.69) is 15.9 Å². The molecular weight excluding hydrogens is 336 g/mol. The number of halogens is 1. The molecule has 0 bridgehead atoms. The highest BCUT2D eigenvalue weighted by molar-refractivity contribution is 9.10. The molecule has 21 heavy (non-hydrogen) atoms. The van der Waals surface area contributed by atoms with Gasteiger partial charge in [0.05, 0.1) is 4.92 Å². The van der Waals surface area contributed by atoms with Crippen LogP contribution in [-0.2, 0) is 0 Å². The molecule has 0 aliphatic rings. The predicted octanol–water partition coefficient (Wildman–Crippen LogP) is 3.94. The minimum Gasteiger partial charge on any atom is -0.311 e. The molecule has 0 aliphatic heterocycles. The molecule has 0 saturated carbocycles. The molecule has 5 nitrogen and oxygen atoms in total. The standard InChI is InChI=1S/C15H13BrN2O3/c1-10-13(4-3-5-14(10)16)15(19)17(2)11-6-8-12(9-7-11)18(20)21/h3-9H,1-2H3. The molecule has 108 valence electrons. The Balaban J connectivity index is 2.30. The van der Waals surface area contributed by atoms with Crippen molar-refractivity contribution in [1.29, 1.82) is 0 Å². The summed E-state index contributed by atoms with van der Waals surface area (Å²) in [5, 5.41) is 10.6. The Kier molecular flexibility index (Phi) is 4.37. The first-order valence-corrected chi connectivity index (χ1v) is 6.98. The monoisotopic (exact) mass is 348 g/mol. The zero-order valence-corrected chi connectivity index (χ0v) is 13.1. The van der Waals surface area contributed by atoms with Gasteiger partial charge in [-0.25, -0.2) is 0 Å². The van der Waals surface area contributed by atoms with E-state index in [-0.39, 0.29) is 11.6 Å².